The van der Waals surface area contributed by atoms with Crippen LogP contribution in [0.5, 0.6) is 5.75 Å². The molecule has 0 aliphatic rings. The summed E-state index contributed by atoms with van der Waals surface area (Å²) >= 11 is 15.3. The number of carbonyl (C=O) groups is 1. The van der Waals surface area contributed by atoms with Gasteiger partial charge in [-0.15, -0.1) is 0 Å². The average molecular weight is 492 g/mol. The van der Waals surface area contributed by atoms with E-state index in [0.717, 1.165) is 21.2 Å². The minimum Gasteiger partial charge on any atom is -0.489 e. The Labute approximate surface area is 187 Å². The van der Waals surface area contributed by atoms with E-state index in [2.05, 4.69) is 26.5 Å². The van der Waals surface area contributed by atoms with Crippen LogP contribution in [-0.2, 0) is 17.8 Å². The molecule has 0 aliphatic heterocycles. The van der Waals surface area contributed by atoms with Crippen LogP contribution in [0.15, 0.2) is 76.3 Å². The maximum atomic E-state index is 11.9. The fraction of sp³-hybridized carbons (Fsp3) is 0.0909. The second kappa shape index (κ2) is 10.4. The molecule has 0 bridgehead atoms. The topological polar surface area (TPSA) is 50.7 Å². The number of hydrogen-bond acceptors (Lipinski definition) is 3. The summed E-state index contributed by atoms with van der Waals surface area (Å²) in [6.45, 7) is 0.385. The van der Waals surface area contributed by atoms with E-state index in [1.807, 2.05) is 54.6 Å². The molecule has 0 aromatic heterocycles. The van der Waals surface area contributed by atoms with E-state index in [1.165, 1.54) is 0 Å². The van der Waals surface area contributed by atoms with Crippen molar-refractivity contribution in [1.29, 1.82) is 0 Å². The van der Waals surface area contributed by atoms with Crippen LogP contribution < -0.4 is 10.2 Å². The molecule has 1 N–H and O–H groups in total. The lowest BCUT2D eigenvalue weighted by molar-refractivity contribution is -0.120. The van der Waals surface area contributed by atoms with Crippen LogP contribution in [0.4, 0.5) is 0 Å². The van der Waals surface area contributed by atoms with Crippen molar-refractivity contribution in [3.8, 4) is 5.75 Å². The Balaban J connectivity index is 1.47. The molecule has 3 aromatic rings. The number of carbonyl (C=O) groups excluding carboxylic acids is 1. The first-order valence-electron chi connectivity index (χ1n) is 8.73. The molecule has 3 rings (SSSR count). The van der Waals surface area contributed by atoms with E-state index in [4.69, 9.17) is 27.9 Å². The molecule has 0 aliphatic carbocycles. The van der Waals surface area contributed by atoms with Crippen LogP contribution in [-0.4, -0.2) is 12.1 Å². The standard InChI is InChI=1S/C22H17BrCl2N2O2/c23-18-6-1-15(2-7-18)12-22(28)27-26-13-16-3-8-19(9-4-16)29-14-17-5-10-20(24)21(25)11-17/h1-11,13H,12,14H2,(H,27,28)/b26-13+. The van der Waals surface area contributed by atoms with Gasteiger partial charge in [0, 0.05) is 4.47 Å². The zero-order valence-corrected chi connectivity index (χ0v) is 18.3. The van der Waals surface area contributed by atoms with Gasteiger partial charge in [-0.1, -0.05) is 57.3 Å². The SMILES string of the molecule is O=C(Cc1ccc(Br)cc1)N/N=C/c1ccc(OCc2ccc(Cl)c(Cl)c2)cc1. The van der Waals surface area contributed by atoms with Crippen molar-refractivity contribution in [2.45, 2.75) is 13.0 Å². The number of ether oxygens (including phenoxy) is 1. The van der Waals surface area contributed by atoms with E-state index in [1.54, 1.807) is 18.3 Å². The lowest BCUT2D eigenvalue weighted by atomic mass is 10.1. The van der Waals surface area contributed by atoms with Gasteiger partial charge in [-0.05, 0) is 65.2 Å². The number of nitrogens with zero attached hydrogens (tertiary/aromatic N) is 1. The fourth-order valence-corrected chi connectivity index (χ4v) is 3.04. The first-order chi connectivity index (χ1) is 14.0. The Kier molecular flexibility index (Phi) is 7.69. The van der Waals surface area contributed by atoms with Gasteiger partial charge in [0.25, 0.3) is 0 Å². The minimum absolute atomic E-state index is 0.176. The molecule has 0 spiro atoms. The molecule has 29 heavy (non-hydrogen) atoms. The highest BCUT2D eigenvalue weighted by atomic mass is 79.9. The molecular formula is C22H17BrCl2N2O2. The van der Waals surface area contributed by atoms with Crippen molar-refractivity contribution in [3.63, 3.8) is 0 Å². The molecule has 0 fully saturated rings. The smallest absolute Gasteiger partial charge is 0.244 e. The van der Waals surface area contributed by atoms with Gasteiger partial charge in [0.05, 0.1) is 22.7 Å². The van der Waals surface area contributed by atoms with Gasteiger partial charge in [0.1, 0.15) is 12.4 Å². The van der Waals surface area contributed by atoms with Gasteiger partial charge < -0.3 is 4.74 Å². The van der Waals surface area contributed by atoms with Gasteiger partial charge in [0.15, 0.2) is 0 Å². The highest BCUT2D eigenvalue weighted by Gasteiger charge is 2.03. The first-order valence-corrected chi connectivity index (χ1v) is 10.3. The number of amides is 1. The molecule has 0 saturated carbocycles. The van der Waals surface area contributed by atoms with Crippen molar-refractivity contribution in [2.24, 2.45) is 5.10 Å². The number of nitrogens with one attached hydrogen (secondary N) is 1. The molecule has 0 unspecified atom stereocenters. The molecule has 148 valence electrons. The Morgan fingerprint density at radius 1 is 0.966 bits per heavy atom. The quantitative estimate of drug-likeness (QED) is 0.324. The summed E-state index contributed by atoms with van der Waals surface area (Å²) in [5, 5.41) is 5.01. The van der Waals surface area contributed by atoms with E-state index >= 15 is 0 Å². The minimum atomic E-state index is -0.176. The predicted octanol–water partition coefficient (Wildman–Crippen LogP) is 6.03. The van der Waals surface area contributed by atoms with E-state index < -0.39 is 0 Å². The zero-order valence-electron chi connectivity index (χ0n) is 15.2. The van der Waals surface area contributed by atoms with E-state index in [-0.39, 0.29) is 12.3 Å². The predicted molar refractivity (Wildman–Crippen MR) is 121 cm³/mol. The maximum absolute atomic E-state index is 11.9. The van der Waals surface area contributed by atoms with Crippen molar-refractivity contribution in [2.75, 3.05) is 0 Å². The van der Waals surface area contributed by atoms with Crippen molar-refractivity contribution in [1.82, 2.24) is 5.43 Å². The maximum Gasteiger partial charge on any atom is 0.244 e. The third-order valence-corrected chi connectivity index (χ3v) is 5.22. The van der Waals surface area contributed by atoms with Crippen molar-refractivity contribution in [3.05, 3.63) is 97.9 Å². The third-order valence-electron chi connectivity index (χ3n) is 3.95. The Morgan fingerprint density at radius 2 is 1.66 bits per heavy atom. The normalized spacial score (nSPS) is 10.9. The summed E-state index contributed by atoms with van der Waals surface area (Å²) in [7, 11) is 0. The Morgan fingerprint density at radius 3 is 2.34 bits per heavy atom. The monoisotopic (exact) mass is 490 g/mol. The average Bonchev–Trinajstić information content (AvgIpc) is 2.71. The first kappa shape index (κ1) is 21.4. The molecule has 3 aromatic carbocycles. The second-order valence-electron chi connectivity index (χ2n) is 6.20. The van der Waals surface area contributed by atoms with Crippen molar-refractivity contribution < 1.29 is 9.53 Å². The number of hydrazone groups is 1. The summed E-state index contributed by atoms with van der Waals surface area (Å²) in [4.78, 5) is 11.9. The van der Waals surface area contributed by atoms with Gasteiger partial charge in [-0.3, -0.25) is 4.79 Å². The second-order valence-corrected chi connectivity index (χ2v) is 7.93. The zero-order chi connectivity index (χ0) is 20.6. The summed E-state index contributed by atoms with van der Waals surface area (Å²) in [5.74, 6) is 0.539. The van der Waals surface area contributed by atoms with Crippen LogP contribution in [0, 0.1) is 0 Å². The van der Waals surface area contributed by atoms with Crippen LogP contribution in [0.25, 0.3) is 0 Å². The van der Waals surface area contributed by atoms with Gasteiger partial charge in [-0.25, -0.2) is 5.43 Å². The molecule has 1 amide bonds. The fourth-order valence-electron chi connectivity index (χ4n) is 2.45. The number of halogens is 3. The van der Waals surface area contributed by atoms with E-state index in [9.17, 15) is 4.79 Å². The summed E-state index contributed by atoms with van der Waals surface area (Å²) < 4.78 is 6.72. The molecule has 0 atom stereocenters. The molecule has 0 radical (unpaired) electrons. The van der Waals surface area contributed by atoms with Crippen LogP contribution in [0.2, 0.25) is 10.0 Å². The highest BCUT2D eigenvalue weighted by molar-refractivity contribution is 9.10. The largest absolute Gasteiger partial charge is 0.489 e. The lowest BCUT2D eigenvalue weighted by Gasteiger charge is -2.07. The highest BCUT2D eigenvalue weighted by Crippen LogP contribution is 2.23. The van der Waals surface area contributed by atoms with E-state index in [0.29, 0.717) is 22.4 Å². The molecule has 0 heterocycles. The number of rotatable bonds is 7. The molecule has 0 saturated heterocycles. The Hall–Kier alpha value is -2.34. The van der Waals surface area contributed by atoms with Crippen LogP contribution in [0.1, 0.15) is 16.7 Å². The van der Waals surface area contributed by atoms with Gasteiger partial charge >= 0.3 is 0 Å². The van der Waals surface area contributed by atoms with Gasteiger partial charge in [0.2, 0.25) is 5.91 Å². The number of benzene rings is 3. The van der Waals surface area contributed by atoms with Crippen LogP contribution >= 0.6 is 39.1 Å². The summed E-state index contributed by atoms with van der Waals surface area (Å²) in [6, 6.07) is 20.4. The van der Waals surface area contributed by atoms with Crippen LogP contribution in [0.3, 0.4) is 0 Å². The molecule has 4 nitrogen and oxygen atoms in total. The third kappa shape index (κ3) is 6.89. The molecule has 7 heteroatoms. The Bertz CT molecular complexity index is 1010. The summed E-state index contributed by atoms with van der Waals surface area (Å²) in [5.41, 5.74) is 5.22. The van der Waals surface area contributed by atoms with Crippen molar-refractivity contribution >= 4 is 51.3 Å². The molecular weight excluding hydrogens is 475 g/mol. The summed E-state index contributed by atoms with van der Waals surface area (Å²) in [6.07, 6.45) is 1.86. The van der Waals surface area contributed by atoms with Gasteiger partial charge in [-0.2, -0.15) is 5.10 Å². The number of hydrogen-bond donors (Lipinski definition) is 1. The lowest BCUT2D eigenvalue weighted by Crippen LogP contribution is -2.19.